The van der Waals surface area contributed by atoms with E-state index in [1.807, 2.05) is 20.8 Å². The molecule has 5 nitrogen and oxygen atoms in total. The second-order valence-electron chi connectivity index (χ2n) is 7.72. The first-order valence-corrected chi connectivity index (χ1v) is 9.54. The normalized spacial score (nSPS) is 15.7. The van der Waals surface area contributed by atoms with E-state index in [9.17, 15) is 14.0 Å². The van der Waals surface area contributed by atoms with Gasteiger partial charge in [0.1, 0.15) is 11.4 Å². The molecule has 1 fully saturated rings. The first-order chi connectivity index (χ1) is 12.1. The second kappa shape index (κ2) is 8.37. The molecule has 1 aliphatic heterocycles. The number of ether oxygens (including phenoxy) is 1. The molecule has 0 unspecified atom stereocenters. The molecule has 0 aliphatic carbocycles. The van der Waals surface area contributed by atoms with Crippen molar-refractivity contribution in [3.8, 4) is 0 Å². The number of likely N-dealkylation sites (tertiary alicyclic amines) is 1. The minimum Gasteiger partial charge on any atom is -0.444 e. The minimum atomic E-state index is -0.518. The van der Waals surface area contributed by atoms with Crippen molar-refractivity contribution in [2.75, 3.05) is 26.7 Å². The molecule has 0 spiro atoms. The van der Waals surface area contributed by atoms with Crippen molar-refractivity contribution in [1.82, 2.24) is 9.80 Å². The highest BCUT2D eigenvalue weighted by Crippen LogP contribution is 2.22. The summed E-state index contributed by atoms with van der Waals surface area (Å²) in [5.74, 6) is -0.503. The zero-order valence-electron chi connectivity index (χ0n) is 15.7. The quantitative estimate of drug-likeness (QED) is 0.720. The molecule has 26 heavy (non-hydrogen) atoms. The maximum Gasteiger partial charge on any atom is 0.410 e. The third-order valence-electron chi connectivity index (χ3n) is 4.30. The number of amides is 2. The van der Waals surface area contributed by atoms with Gasteiger partial charge in [0.05, 0.1) is 5.56 Å². The summed E-state index contributed by atoms with van der Waals surface area (Å²) in [5, 5.41) is 0. The van der Waals surface area contributed by atoms with Gasteiger partial charge in [-0.15, -0.1) is 0 Å². The molecule has 1 saturated heterocycles. The Balaban J connectivity index is 1.87. The Hall–Kier alpha value is -1.63. The Kier molecular flexibility index (Phi) is 6.66. The fourth-order valence-corrected chi connectivity index (χ4v) is 3.29. The van der Waals surface area contributed by atoms with Gasteiger partial charge in [-0.25, -0.2) is 9.18 Å². The Bertz CT molecular complexity index is 667. The lowest BCUT2D eigenvalue weighted by atomic mass is 9.96. The van der Waals surface area contributed by atoms with E-state index in [1.165, 1.54) is 12.1 Å². The molecule has 2 amide bonds. The van der Waals surface area contributed by atoms with Crippen LogP contribution in [0.25, 0.3) is 0 Å². The number of rotatable bonds is 3. The lowest BCUT2D eigenvalue weighted by Crippen LogP contribution is -2.43. The Labute approximate surface area is 162 Å². The third kappa shape index (κ3) is 5.69. The van der Waals surface area contributed by atoms with Crippen LogP contribution in [0.15, 0.2) is 22.7 Å². The van der Waals surface area contributed by atoms with Gasteiger partial charge in [-0.1, -0.05) is 15.9 Å². The summed E-state index contributed by atoms with van der Waals surface area (Å²) in [7, 11) is 1.73. The van der Waals surface area contributed by atoms with Crippen molar-refractivity contribution < 1.29 is 18.7 Å². The van der Waals surface area contributed by atoms with E-state index in [0.717, 1.165) is 12.8 Å². The van der Waals surface area contributed by atoms with Crippen molar-refractivity contribution in [2.45, 2.75) is 39.2 Å². The van der Waals surface area contributed by atoms with Crippen LogP contribution >= 0.6 is 15.9 Å². The molecule has 0 aromatic heterocycles. The molecule has 2 rings (SSSR count). The molecule has 0 saturated carbocycles. The number of hydrogen-bond donors (Lipinski definition) is 0. The number of halogens is 2. The highest BCUT2D eigenvalue weighted by Gasteiger charge is 2.28. The summed E-state index contributed by atoms with van der Waals surface area (Å²) in [6.07, 6.45) is 1.21. The highest BCUT2D eigenvalue weighted by molar-refractivity contribution is 9.10. The van der Waals surface area contributed by atoms with E-state index in [-0.39, 0.29) is 17.6 Å². The van der Waals surface area contributed by atoms with Gasteiger partial charge < -0.3 is 14.5 Å². The average Bonchev–Trinajstić information content (AvgIpc) is 2.53. The van der Waals surface area contributed by atoms with Gasteiger partial charge in [-0.2, -0.15) is 0 Å². The summed E-state index contributed by atoms with van der Waals surface area (Å²) in [5.41, 5.74) is -0.423. The molecule has 0 radical (unpaired) electrons. The predicted octanol–water partition coefficient (Wildman–Crippen LogP) is 4.31. The first-order valence-electron chi connectivity index (χ1n) is 8.75. The number of nitrogens with zero attached hydrogens (tertiary/aromatic N) is 2. The number of hydrogen-bond acceptors (Lipinski definition) is 3. The fourth-order valence-electron chi connectivity index (χ4n) is 2.95. The largest absolute Gasteiger partial charge is 0.444 e. The molecule has 7 heteroatoms. The average molecular weight is 429 g/mol. The lowest BCUT2D eigenvalue weighted by Gasteiger charge is -2.34. The molecule has 1 heterocycles. The van der Waals surface area contributed by atoms with E-state index in [4.69, 9.17) is 4.74 Å². The topological polar surface area (TPSA) is 49.9 Å². The number of benzene rings is 1. The molecule has 0 N–H and O–H groups in total. The molecule has 0 atom stereocenters. The summed E-state index contributed by atoms with van der Waals surface area (Å²) in [4.78, 5) is 27.8. The second-order valence-corrected chi connectivity index (χ2v) is 8.64. The number of carbonyl (C=O) groups excluding carboxylic acids is 2. The summed E-state index contributed by atoms with van der Waals surface area (Å²) >= 11 is 3.19. The number of carbonyl (C=O) groups is 2. The molecule has 1 aromatic rings. The summed E-state index contributed by atoms with van der Waals surface area (Å²) in [6, 6.07) is 4.47. The van der Waals surface area contributed by atoms with Crippen LogP contribution in [0, 0.1) is 11.7 Å². The van der Waals surface area contributed by atoms with Crippen molar-refractivity contribution in [2.24, 2.45) is 5.92 Å². The standard InChI is InChI=1S/C19H26BrFN2O3/c1-19(2,3)26-18(25)22(4)12-13-7-9-23(10-8-13)17(24)15-6-5-14(20)11-16(15)21/h5-6,11,13H,7-10,12H2,1-4H3. The summed E-state index contributed by atoms with van der Waals surface area (Å²) in [6.45, 7) is 7.21. The van der Waals surface area contributed by atoms with E-state index in [2.05, 4.69) is 15.9 Å². The van der Waals surface area contributed by atoms with Crippen LogP contribution in [0.3, 0.4) is 0 Å². The van der Waals surface area contributed by atoms with Gasteiger partial charge in [0.2, 0.25) is 0 Å². The van der Waals surface area contributed by atoms with Gasteiger partial charge in [-0.3, -0.25) is 4.79 Å². The van der Waals surface area contributed by atoms with Gasteiger partial charge in [0.15, 0.2) is 0 Å². The van der Waals surface area contributed by atoms with Gasteiger partial charge in [-0.05, 0) is 57.7 Å². The van der Waals surface area contributed by atoms with E-state index in [0.29, 0.717) is 30.0 Å². The Morgan fingerprint density at radius 3 is 2.46 bits per heavy atom. The number of piperidine rings is 1. The predicted molar refractivity (Wildman–Crippen MR) is 102 cm³/mol. The van der Waals surface area contributed by atoms with Crippen LogP contribution in [0.4, 0.5) is 9.18 Å². The maximum atomic E-state index is 14.0. The van der Waals surface area contributed by atoms with Gasteiger partial charge in [0.25, 0.3) is 5.91 Å². The third-order valence-corrected chi connectivity index (χ3v) is 4.79. The minimum absolute atomic E-state index is 0.0949. The first kappa shape index (κ1) is 20.7. The smallest absolute Gasteiger partial charge is 0.410 e. The van der Waals surface area contributed by atoms with Crippen LogP contribution in [0.1, 0.15) is 44.0 Å². The van der Waals surface area contributed by atoms with E-state index >= 15 is 0 Å². The molecular formula is C19H26BrFN2O3. The molecule has 144 valence electrons. The summed E-state index contributed by atoms with van der Waals surface area (Å²) < 4.78 is 20.0. The molecule has 1 aliphatic rings. The van der Waals surface area contributed by atoms with Gasteiger partial charge in [0, 0.05) is 31.2 Å². The van der Waals surface area contributed by atoms with Crippen molar-refractivity contribution in [1.29, 1.82) is 0 Å². The Morgan fingerprint density at radius 2 is 1.92 bits per heavy atom. The highest BCUT2D eigenvalue weighted by atomic mass is 79.9. The van der Waals surface area contributed by atoms with Crippen molar-refractivity contribution in [3.63, 3.8) is 0 Å². The van der Waals surface area contributed by atoms with Crippen molar-refractivity contribution >= 4 is 27.9 Å². The maximum absolute atomic E-state index is 14.0. The molecule has 0 bridgehead atoms. The fraction of sp³-hybridized carbons (Fsp3) is 0.579. The zero-order chi connectivity index (χ0) is 19.5. The van der Waals surface area contributed by atoms with Crippen LogP contribution in [-0.2, 0) is 4.74 Å². The van der Waals surface area contributed by atoms with E-state index in [1.54, 1.807) is 22.9 Å². The monoisotopic (exact) mass is 428 g/mol. The van der Waals surface area contributed by atoms with E-state index < -0.39 is 11.4 Å². The SMILES string of the molecule is CN(CC1CCN(C(=O)c2ccc(Br)cc2F)CC1)C(=O)OC(C)(C)C. The molecular weight excluding hydrogens is 403 g/mol. The Morgan fingerprint density at radius 1 is 1.31 bits per heavy atom. The van der Waals surface area contributed by atoms with Crippen LogP contribution in [0.2, 0.25) is 0 Å². The lowest BCUT2D eigenvalue weighted by molar-refractivity contribution is 0.0245. The van der Waals surface area contributed by atoms with Gasteiger partial charge >= 0.3 is 6.09 Å². The van der Waals surface area contributed by atoms with Crippen LogP contribution in [0.5, 0.6) is 0 Å². The zero-order valence-corrected chi connectivity index (χ0v) is 17.3. The van der Waals surface area contributed by atoms with Crippen LogP contribution < -0.4 is 0 Å². The van der Waals surface area contributed by atoms with Crippen molar-refractivity contribution in [3.05, 3.63) is 34.1 Å². The van der Waals surface area contributed by atoms with Crippen LogP contribution in [-0.4, -0.2) is 54.1 Å². The molecule has 1 aromatic carbocycles.